The second-order valence-corrected chi connectivity index (χ2v) is 12.8. The van der Waals surface area contributed by atoms with Crippen LogP contribution in [0.5, 0.6) is 0 Å². The van der Waals surface area contributed by atoms with Gasteiger partial charge in [-0.15, -0.1) is 0 Å². The summed E-state index contributed by atoms with van der Waals surface area (Å²) in [5, 5.41) is 0. The van der Waals surface area contributed by atoms with Crippen molar-refractivity contribution in [3.8, 4) is 0 Å². The van der Waals surface area contributed by atoms with Crippen LogP contribution >= 0.6 is 0 Å². The molecule has 0 aromatic carbocycles. The van der Waals surface area contributed by atoms with Crippen molar-refractivity contribution in [1.82, 2.24) is 0 Å². The average molecular weight is 276 g/mol. The zero-order valence-electron chi connectivity index (χ0n) is 12.1. The molecule has 0 aromatic rings. The Kier molecular flexibility index (Phi) is 9.44. The molecule has 0 spiro atoms. The van der Waals surface area contributed by atoms with Crippen LogP contribution in [0.25, 0.3) is 0 Å². The van der Waals surface area contributed by atoms with Gasteiger partial charge in [-0.1, -0.05) is 32.1 Å². The molecular formula is C12H31N2OSi2. The molecule has 0 amide bonds. The van der Waals surface area contributed by atoms with Crippen LogP contribution in [0.3, 0.4) is 0 Å². The lowest BCUT2D eigenvalue weighted by atomic mass is 10.1. The van der Waals surface area contributed by atoms with E-state index in [2.05, 4.69) is 26.2 Å². The topological polar surface area (TPSA) is 61.3 Å². The maximum Gasteiger partial charge on any atom is 0.194 e. The molecule has 0 rings (SSSR count). The maximum absolute atomic E-state index is 6.10. The lowest BCUT2D eigenvalue weighted by Gasteiger charge is -2.22. The van der Waals surface area contributed by atoms with Gasteiger partial charge in [0.15, 0.2) is 17.4 Å². The Labute approximate surface area is 110 Å². The maximum atomic E-state index is 6.10. The third-order valence-corrected chi connectivity index (χ3v) is 7.45. The first kappa shape index (κ1) is 17.3. The van der Waals surface area contributed by atoms with Crippen LogP contribution in [0.4, 0.5) is 0 Å². The van der Waals surface area contributed by atoms with Gasteiger partial charge >= 0.3 is 0 Å². The average Bonchev–Trinajstić information content (AvgIpc) is 2.12. The first-order valence-corrected chi connectivity index (χ1v) is 12.4. The van der Waals surface area contributed by atoms with Crippen molar-refractivity contribution in [2.45, 2.75) is 76.9 Å². The smallest absolute Gasteiger partial charge is 0.194 e. The first-order chi connectivity index (χ1) is 7.81. The van der Waals surface area contributed by atoms with E-state index >= 15 is 0 Å². The lowest BCUT2D eigenvalue weighted by molar-refractivity contribution is 0.541. The van der Waals surface area contributed by atoms with Crippen LogP contribution in [-0.4, -0.2) is 23.5 Å². The minimum Gasteiger partial charge on any atom is -0.456 e. The summed E-state index contributed by atoms with van der Waals surface area (Å²) >= 11 is 0. The zero-order chi connectivity index (χ0) is 13.3. The van der Waals surface area contributed by atoms with Crippen LogP contribution in [-0.2, 0) is 4.12 Å². The Hall–Kier alpha value is 0.314. The molecule has 0 bridgehead atoms. The second kappa shape index (κ2) is 9.27. The van der Waals surface area contributed by atoms with E-state index in [0.717, 1.165) is 6.42 Å². The molecule has 0 saturated carbocycles. The summed E-state index contributed by atoms with van der Waals surface area (Å²) in [4.78, 5) is 0. The summed E-state index contributed by atoms with van der Waals surface area (Å²) in [5.74, 6) is 0. The lowest BCUT2D eigenvalue weighted by Crippen LogP contribution is -2.32. The molecule has 5 heteroatoms. The molecule has 103 valence electrons. The Bertz CT molecular complexity index is 184. The van der Waals surface area contributed by atoms with Crippen molar-refractivity contribution in [3.05, 3.63) is 0 Å². The molecular weight excluding hydrogens is 244 g/mol. The second-order valence-electron chi connectivity index (χ2n) is 5.89. The van der Waals surface area contributed by atoms with Gasteiger partial charge in [0.2, 0.25) is 0 Å². The van der Waals surface area contributed by atoms with E-state index in [1.807, 2.05) is 0 Å². The van der Waals surface area contributed by atoms with E-state index in [-0.39, 0.29) is 6.17 Å². The molecule has 4 N–H and O–H groups in total. The van der Waals surface area contributed by atoms with Gasteiger partial charge in [0.05, 0.1) is 6.17 Å². The Morgan fingerprint density at radius 1 is 1.00 bits per heavy atom. The van der Waals surface area contributed by atoms with E-state index < -0.39 is 17.4 Å². The summed E-state index contributed by atoms with van der Waals surface area (Å²) in [5.41, 5.74) is 11.0. The molecule has 0 aliphatic heterocycles. The molecule has 0 aliphatic carbocycles. The van der Waals surface area contributed by atoms with Gasteiger partial charge in [-0.05, 0) is 38.7 Å². The van der Waals surface area contributed by atoms with Crippen LogP contribution in [0.2, 0.25) is 32.2 Å². The van der Waals surface area contributed by atoms with E-state index in [1.54, 1.807) is 0 Å². The van der Waals surface area contributed by atoms with E-state index in [9.17, 15) is 0 Å². The number of rotatable bonds is 10. The summed E-state index contributed by atoms with van der Waals surface area (Å²) in [6.07, 6.45) is 7.25. The molecule has 0 unspecified atom stereocenters. The quantitative estimate of drug-likeness (QED) is 0.366. The van der Waals surface area contributed by atoms with Gasteiger partial charge in [0.1, 0.15) is 0 Å². The van der Waals surface area contributed by atoms with Gasteiger partial charge in [-0.3, -0.25) is 0 Å². The van der Waals surface area contributed by atoms with Gasteiger partial charge in [-0.25, -0.2) is 0 Å². The SMILES string of the molecule is C[Si](CCCCCCCC(N)N)O[Si](C)(C)C. The fourth-order valence-electron chi connectivity index (χ4n) is 1.86. The summed E-state index contributed by atoms with van der Waals surface area (Å²) in [6, 6.07) is 1.30. The normalized spacial score (nSPS) is 12.7. The molecule has 0 atom stereocenters. The summed E-state index contributed by atoms with van der Waals surface area (Å²) in [7, 11) is -1.83. The van der Waals surface area contributed by atoms with Crippen molar-refractivity contribution in [2.24, 2.45) is 11.5 Å². The molecule has 0 heterocycles. The van der Waals surface area contributed by atoms with Crippen molar-refractivity contribution < 1.29 is 4.12 Å². The number of hydrogen-bond acceptors (Lipinski definition) is 3. The highest BCUT2D eigenvalue weighted by atomic mass is 28.4. The van der Waals surface area contributed by atoms with Crippen LogP contribution in [0.1, 0.15) is 38.5 Å². The fraction of sp³-hybridized carbons (Fsp3) is 1.00. The Balaban J connectivity index is 3.28. The standard InChI is InChI=1S/C12H31N2OSi2/c1-16(15-17(2,3)4)11-9-7-5-6-8-10-12(13)14/h12H,5-11,13-14H2,1-4H3. The monoisotopic (exact) mass is 275 g/mol. The molecule has 17 heavy (non-hydrogen) atoms. The summed E-state index contributed by atoms with van der Waals surface area (Å²) < 4.78 is 6.10. The van der Waals surface area contributed by atoms with E-state index in [1.165, 1.54) is 38.1 Å². The molecule has 3 nitrogen and oxygen atoms in total. The Morgan fingerprint density at radius 2 is 1.53 bits per heavy atom. The third-order valence-electron chi connectivity index (χ3n) is 2.55. The van der Waals surface area contributed by atoms with Crippen molar-refractivity contribution in [2.75, 3.05) is 0 Å². The van der Waals surface area contributed by atoms with Gasteiger partial charge < -0.3 is 15.6 Å². The molecule has 0 aromatic heterocycles. The van der Waals surface area contributed by atoms with Gasteiger partial charge in [0, 0.05) is 0 Å². The fourth-order valence-corrected chi connectivity index (χ4v) is 7.20. The summed E-state index contributed by atoms with van der Waals surface area (Å²) in [6.45, 7) is 9.13. The minimum atomic E-state index is -1.30. The Morgan fingerprint density at radius 3 is 2.06 bits per heavy atom. The van der Waals surface area contributed by atoms with Crippen LogP contribution in [0.15, 0.2) is 0 Å². The predicted octanol–water partition coefficient (Wildman–Crippen LogP) is 3.04. The van der Waals surface area contributed by atoms with E-state index in [0.29, 0.717) is 0 Å². The molecule has 0 saturated heterocycles. The van der Waals surface area contributed by atoms with Crippen LogP contribution < -0.4 is 11.5 Å². The van der Waals surface area contributed by atoms with Crippen molar-refractivity contribution in [3.63, 3.8) is 0 Å². The highest BCUT2D eigenvalue weighted by molar-refractivity contribution is 6.77. The molecule has 1 radical (unpaired) electrons. The van der Waals surface area contributed by atoms with E-state index in [4.69, 9.17) is 15.6 Å². The van der Waals surface area contributed by atoms with Crippen molar-refractivity contribution >= 4 is 17.4 Å². The first-order valence-electron chi connectivity index (χ1n) is 6.84. The highest BCUT2D eigenvalue weighted by Crippen LogP contribution is 2.13. The van der Waals surface area contributed by atoms with Crippen LogP contribution in [0, 0.1) is 0 Å². The predicted molar refractivity (Wildman–Crippen MR) is 80.7 cm³/mol. The van der Waals surface area contributed by atoms with Gasteiger partial charge in [0.25, 0.3) is 0 Å². The largest absolute Gasteiger partial charge is 0.456 e. The van der Waals surface area contributed by atoms with Gasteiger partial charge in [-0.2, -0.15) is 0 Å². The third kappa shape index (κ3) is 14.3. The number of unbranched alkanes of at least 4 members (excludes halogenated alkanes) is 4. The molecule has 0 fully saturated rings. The zero-order valence-corrected chi connectivity index (χ0v) is 14.1. The highest BCUT2D eigenvalue weighted by Gasteiger charge is 2.18. The molecule has 0 aliphatic rings. The van der Waals surface area contributed by atoms with Crippen molar-refractivity contribution in [1.29, 1.82) is 0 Å². The number of nitrogens with two attached hydrogens (primary N) is 2. The minimum absolute atomic E-state index is 0.120. The number of hydrogen-bond donors (Lipinski definition) is 2.